The number of likely N-dealkylation sites (N-methyl/N-ethyl adjacent to an activating group) is 1. The van der Waals surface area contributed by atoms with Gasteiger partial charge in [-0.1, -0.05) is 12.1 Å². The molecule has 0 unspecified atom stereocenters. The lowest BCUT2D eigenvalue weighted by Crippen LogP contribution is -2.54. The van der Waals surface area contributed by atoms with Gasteiger partial charge in [0.15, 0.2) is 5.67 Å². The summed E-state index contributed by atoms with van der Waals surface area (Å²) in [5.41, 5.74) is 1.35. The molecule has 0 aliphatic carbocycles. The van der Waals surface area contributed by atoms with E-state index < -0.39 is 5.67 Å². The van der Waals surface area contributed by atoms with E-state index in [1.165, 1.54) is 0 Å². The number of halogens is 1. The van der Waals surface area contributed by atoms with Crippen LogP contribution in [-0.2, 0) is 12.7 Å². The van der Waals surface area contributed by atoms with Gasteiger partial charge in [0.05, 0.1) is 17.6 Å². The van der Waals surface area contributed by atoms with Crippen LogP contribution in [0, 0.1) is 6.92 Å². The van der Waals surface area contributed by atoms with Gasteiger partial charge in [-0.25, -0.2) is 9.37 Å². The average molecular weight is 310 g/mol. The molecule has 3 heterocycles. The highest BCUT2D eigenvalue weighted by atomic mass is 19.1. The van der Waals surface area contributed by atoms with Crippen LogP contribution in [0.5, 0.6) is 0 Å². The van der Waals surface area contributed by atoms with E-state index in [0.717, 1.165) is 27.9 Å². The van der Waals surface area contributed by atoms with Crippen molar-refractivity contribution in [1.82, 2.24) is 19.4 Å². The van der Waals surface area contributed by atoms with Crippen LogP contribution in [-0.4, -0.2) is 39.6 Å². The van der Waals surface area contributed by atoms with Gasteiger partial charge in [-0.3, -0.25) is 9.88 Å². The number of rotatable bonds is 2. The molecule has 0 N–H and O–H groups in total. The Morgan fingerprint density at radius 2 is 1.83 bits per heavy atom. The molecule has 5 heteroatoms. The number of nitrogens with zero attached hydrogens (tertiary/aromatic N) is 4. The van der Waals surface area contributed by atoms with E-state index in [2.05, 4.69) is 26.7 Å². The summed E-state index contributed by atoms with van der Waals surface area (Å²) in [5, 5.41) is 2.03. The summed E-state index contributed by atoms with van der Waals surface area (Å²) in [5.74, 6) is 0.968. The Hall–Kier alpha value is -2.27. The van der Waals surface area contributed by atoms with Gasteiger partial charge >= 0.3 is 0 Å². The van der Waals surface area contributed by atoms with Crippen LogP contribution in [0.1, 0.15) is 11.5 Å². The Kier molecular flexibility index (Phi) is 3.03. The molecule has 1 aromatic carbocycles. The summed E-state index contributed by atoms with van der Waals surface area (Å²) < 4.78 is 16.8. The number of hydrogen-bond donors (Lipinski definition) is 0. The second-order valence-electron chi connectivity index (χ2n) is 6.52. The molecule has 0 saturated carbocycles. The first-order valence-electron chi connectivity index (χ1n) is 7.73. The highest BCUT2D eigenvalue weighted by molar-refractivity contribution is 5.86. The van der Waals surface area contributed by atoms with Crippen molar-refractivity contribution in [3.8, 4) is 11.3 Å². The highest BCUT2D eigenvalue weighted by Gasteiger charge is 2.44. The number of likely N-dealkylation sites (tertiary alicyclic amines) is 1. The zero-order valence-corrected chi connectivity index (χ0v) is 13.5. The minimum atomic E-state index is -1.32. The fourth-order valence-electron chi connectivity index (χ4n) is 3.29. The van der Waals surface area contributed by atoms with E-state index in [-0.39, 0.29) is 0 Å². The van der Waals surface area contributed by atoms with Crippen LogP contribution in [0.2, 0.25) is 0 Å². The predicted octanol–water partition coefficient (Wildman–Crippen LogP) is 3.05. The predicted molar refractivity (Wildman–Crippen MR) is 89.0 cm³/mol. The monoisotopic (exact) mass is 310 g/mol. The Labute approximate surface area is 134 Å². The van der Waals surface area contributed by atoms with Crippen molar-refractivity contribution >= 4 is 10.8 Å². The Morgan fingerprint density at radius 1 is 1.04 bits per heavy atom. The smallest absolute Gasteiger partial charge is 0.177 e. The number of fused-ring (bicyclic) bond motifs is 1. The molecule has 0 bridgehead atoms. The first-order valence-corrected chi connectivity index (χ1v) is 7.73. The van der Waals surface area contributed by atoms with Crippen LogP contribution in [0.3, 0.4) is 0 Å². The second kappa shape index (κ2) is 4.86. The molecule has 3 aromatic rings. The molecule has 0 atom stereocenters. The summed E-state index contributed by atoms with van der Waals surface area (Å²) in [6.45, 7) is 2.80. The normalized spacial score (nSPS) is 17.4. The molecule has 4 nitrogen and oxygen atoms in total. The third-order valence-corrected chi connectivity index (χ3v) is 4.74. The Bertz CT molecular complexity index is 893. The van der Waals surface area contributed by atoms with Gasteiger partial charge < -0.3 is 4.57 Å². The third kappa shape index (κ3) is 2.23. The SMILES string of the molecule is Cc1ncc(-c2ccc3cnc(C4(F)CN(C)C4)cc3c2)n1C. The first-order chi connectivity index (χ1) is 11.0. The highest BCUT2D eigenvalue weighted by Crippen LogP contribution is 2.35. The Morgan fingerprint density at radius 3 is 2.48 bits per heavy atom. The molecule has 118 valence electrons. The topological polar surface area (TPSA) is 34.0 Å². The Balaban J connectivity index is 1.80. The molecule has 23 heavy (non-hydrogen) atoms. The summed E-state index contributed by atoms with van der Waals surface area (Å²) in [6.07, 6.45) is 3.64. The summed E-state index contributed by atoms with van der Waals surface area (Å²) in [6, 6.07) is 8.06. The van der Waals surface area contributed by atoms with Crippen LogP contribution in [0.15, 0.2) is 36.7 Å². The molecule has 0 radical (unpaired) electrons. The van der Waals surface area contributed by atoms with E-state index in [4.69, 9.17) is 0 Å². The fourth-order valence-corrected chi connectivity index (χ4v) is 3.29. The van der Waals surface area contributed by atoms with Gasteiger partial charge in [-0.05, 0) is 31.5 Å². The fraction of sp³-hybridized carbons (Fsp3) is 0.333. The maximum atomic E-state index is 14.8. The number of imidazole rings is 1. The van der Waals surface area contributed by atoms with Gasteiger partial charge in [0.1, 0.15) is 5.82 Å². The standard InChI is InChI=1S/C18H19FN4/c1-12-20-9-16(23(12)3)13-4-5-14-8-21-17(7-15(14)6-13)18(19)10-22(2)11-18/h4-9H,10-11H2,1-3H3. The first kappa shape index (κ1) is 14.3. The minimum Gasteiger partial charge on any atom is -0.331 e. The van der Waals surface area contributed by atoms with Crippen molar-refractivity contribution in [2.24, 2.45) is 7.05 Å². The van der Waals surface area contributed by atoms with Gasteiger partial charge in [-0.15, -0.1) is 0 Å². The van der Waals surface area contributed by atoms with Gasteiger partial charge in [0, 0.05) is 37.3 Å². The molecule has 1 fully saturated rings. The van der Waals surface area contributed by atoms with Crippen molar-refractivity contribution in [1.29, 1.82) is 0 Å². The van der Waals surface area contributed by atoms with Gasteiger partial charge in [0.2, 0.25) is 0 Å². The molecule has 1 saturated heterocycles. The van der Waals surface area contributed by atoms with Crippen molar-refractivity contribution in [3.63, 3.8) is 0 Å². The van der Waals surface area contributed by atoms with Crippen molar-refractivity contribution in [3.05, 3.63) is 48.2 Å². The van der Waals surface area contributed by atoms with E-state index in [0.29, 0.717) is 18.8 Å². The number of benzene rings is 1. The maximum absolute atomic E-state index is 14.8. The van der Waals surface area contributed by atoms with E-state index in [1.807, 2.05) is 44.2 Å². The number of pyridine rings is 1. The summed E-state index contributed by atoms with van der Waals surface area (Å²) in [4.78, 5) is 10.6. The molecular weight excluding hydrogens is 291 g/mol. The lowest BCUT2D eigenvalue weighted by molar-refractivity contribution is -0.0227. The van der Waals surface area contributed by atoms with Crippen molar-refractivity contribution < 1.29 is 4.39 Å². The van der Waals surface area contributed by atoms with Crippen molar-refractivity contribution in [2.45, 2.75) is 12.6 Å². The lowest BCUT2D eigenvalue weighted by atomic mass is 9.91. The summed E-state index contributed by atoms with van der Waals surface area (Å²) in [7, 11) is 3.92. The van der Waals surface area contributed by atoms with Crippen LogP contribution in [0.4, 0.5) is 4.39 Å². The second-order valence-corrected chi connectivity index (χ2v) is 6.52. The zero-order valence-electron chi connectivity index (χ0n) is 13.5. The van der Waals surface area contributed by atoms with E-state index in [1.54, 1.807) is 6.20 Å². The zero-order chi connectivity index (χ0) is 16.2. The lowest BCUT2D eigenvalue weighted by Gasteiger charge is -2.41. The maximum Gasteiger partial charge on any atom is 0.177 e. The molecule has 4 rings (SSSR count). The van der Waals surface area contributed by atoms with Crippen LogP contribution in [0.25, 0.3) is 22.0 Å². The van der Waals surface area contributed by atoms with E-state index in [9.17, 15) is 4.39 Å². The van der Waals surface area contributed by atoms with Gasteiger partial charge in [0.25, 0.3) is 0 Å². The molecule has 1 aliphatic rings. The summed E-state index contributed by atoms with van der Waals surface area (Å²) >= 11 is 0. The van der Waals surface area contributed by atoms with Crippen LogP contribution < -0.4 is 0 Å². The number of aryl methyl sites for hydroxylation is 1. The third-order valence-electron chi connectivity index (χ3n) is 4.74. The number of hydrogen-bond acceptors (Lipinski definition) is 3. The molecular formula is C18H19FN4. The number of alkyl halides is 1. The van der Waals surface area contributed by atoms with Gasteiger partial charge in [-0.2, -0.15) is 0 Å². The quantitative estimate of drug-likeness (QED) is 0.729. The largest absolute Gasteiger partial charge is 0.331 e. The van der Waals surface area contributed by atoms with E-state index >= 15 is 0 Å². The average Bonchev–Trinajstić information content (AvgIpc) is 2.84. The molecule has 0 amide bonds. The van der Waals surface area contributed by atoms with Crippen molar-refractivity contribution in [2.75, 3.05) is 20.1 Å². The number of aromatic nitrogens is 3. The molecule has 1 aliphatic heterocycles. The minimum absolute atomic E-state index is 0.409. The molecule has 2 aromatic heterocycles. The molecule has 0 spiro atoms. The van der Waals surface area contributed by atoms with Crippen LogP contribution >= 0.6 is 0 Å².